The van der Waals surface area contributed by atoms with Crippen molar-refractivity contribution in [2.45, 2.75) is 19.9 Å². The maximum atomic E-state index is 13.4. The van der Waals surface area contributed by atoms with Gasteiger partial charge >= 0.3 is 5.91 Å². The van der Waals surface area contributed by atoms with E-state index in [9.17, 15) is 14.7 Å². The number of ketones is 1. The fraction of sp³-hybridized carbons (Fsp3) is 0.179. The van der Waals surface area contributed by atoms with Crippen LogP contribution >= 0.6 is 11.3 Å². The second kappa shape index (κ2) is 9.47. The Morgan fingerprint density at radius 3 is 2.39 bits per heavy atom. The molecule has 4 aromatic rings. The Labute approximate surface area is 212 Å². The van der Waals surface area contributed by atoms with Crippen molar-refractivity contribution in [2.24, 2.45) is 0 Å². The first-order valence-electron chi connectivity index (χ1n) is 11.5. The van der Waals surface area contributed by atoms with Gasteiger partial charge in [-0.25, -0.2) is 4.98 Å². The number of rotatable bonds is 6. The molecule has 3 aromatic carbocycles. The molecule has 0 bridgehead atoms. The zero-order valence-electron chi connectivity index (χ0n) is 20.0. The van der Waals surface area contributed by atoms with Crippen LogP contribution in [0.4, 0.5) is 5.13 Å². The van der Waals surface area contributed by atoms with E-state index in [2.05, 4.69) is 4.98 Å². The van der Waals surface area contributed by atoms with Gasteiger partial charge in [0.05, 0.1) is 35.5 Å². The normalized spacial score (nSPS) is 17.1. The number of aliphatic hydroxyl groups is 1. The molecule has 2 heterocycles. The van der Waals surface area contributed by atoms with Crippen molar-refractivity contribution in [3.63, 3.8) is 0 Å². The molecule has 5 rings (SSSR count). The van der Waals surface area contributed by atoms with Crippen molar-refractivity contribution >= 4 is 44.1 Å². The lowest BCUT2D eigenvalue weighted by molar-refractivity contribution is -0.132. The van der Waals surface area contributed by atoms with Crippen molar-refractivity contribution in [1.82, 2.24) is 4.98 Å². The van der Waals surface area contributed by atoms with Crippen LogP contribution in [-0.4, -0.2) is 35.5 Å². The summed E-state index contributed by atoms with van der Waals surface area (Å²) in [7, 11) is 1.58. The number of carbonyl (C=O) groups excluding carboxylic acids is 2. The molecular formula is C28H24N2O5S. The predicted octanol–water partition coefficient (Wildman–Crippen LogP) is 5.64. The van der Waals surface area contributed by atoms with Crippen LogP contribution in [0.5, 0.6) is 11.5 Å². The number of benzene rings is 3. The van der Waals surface area contributed by atoms with E-state index in [1.54, 1.807) is 49.6 Å². The number of anilines is 1. The predicted molar refractivity (Wildman–Crippen MR) is 140 cm³/mol. The highest BCUT2D eigenvalue weighted by atomic mass is 32.1. The Morgan fingerprint density at radius 2 is 1.72 bits per heavy atom. The molecule has 0 aliphatic carbocycles. The van der Waals surface area contributed by atoms with E-state index in [4.69, 9.17) is 9.47 Å². The monoisotopic (exact) mass is 500 g/mol. The quantitative estimate of drug-likeness (QED) is 0.209. The second-order valence-electron chi connectivity index (χ2n) is 8.37. The highest BCUT2D eigenvalue weighted by Gasteiger charge is 2.48. The third-order valence-corrected chi connectivity index (χ3v) is 7.08. The van der Waals surface area contributed by atoms with Gasteiger partial charge in [-0.15, -0.1) is 0 Å². The molecule has 7 nitrogen and oxygen atoms in total. The Kier molecular flexibility index (Phi) is 6.20. The van der Waals surface area contributed by atoms with Crippen LogP contribution in [0.1, 0.15) is 29.7 Å². The fourth-order valence-electron chi connectivity index (χ4n) is 4.25. The molecule has 1 atom stereocenters. The number of hydrogen-bond donors (Lipinski definition) is 1. The zero-order valence-corrected chi connectivity index (χ0v) is 20.8. The Balaban J connectivity index is 1.69. The summed E-state index contributed by atoms with van der Waals surface area (Å²) in [6, 6.07) is 18.9. The summed E-state index contributed by atoms with van der Waals surface area (Å²) in [5.41, 5.74) is 2.83. The van der Waals surface area contributed by atoms with Gasteiger partial charge in [-0.2, -0.15) is 0 Å². The van der Waals surface area contributed by atoms with E-state index >= 15 is 0 Å². The number of thiazole rings is 1. The largest absolute Gasteiger partial charge is 0.507 e. The molecule has 1 fully saturated rings. The summed E-state index contributed by atoms with van der Waals surface area (Å²) in [5, 5.41) is 11.6. The second-order valence-corrected chi connectivity index (χ2v) is 9.38. The van der Waals surface area contributed by atoms with Crippen molar-refractivity contribution in [3.05, 3.63) is 89.0 Å². The molecule has 1 aliphatic rings. The molecule has 0 unspecified atom stereocenters. The molecule has 1 aliphatic heterocycles. The molecule has 0 saturated carbocycles. The van der Waals surface area contributed by atoms with Crippen LogP contribution in [0.2, 0.25) is 0 Å². The van der Waals surface area contributed by atoms with Gasteiger partial charge in [-0.1, -0.05) is 53.3 Å². The molecule has 1 saturated heterocycles. The van der Waals surface area contributed by atoms with Crippen molar-refractivity contribution < 1.29 is 24.2 Å². The van der Waals surface area contributed by atoms with E-state index < -0.39 is 17.7 Å². The summed E-state index contributed by atoms with van der Waals surface area (Å²) in [4.78, 5) is 32.8. The summed E-state index contributed by atoms with van der Waals surface area (Å²) < 4.78 is 11.7. The standard InChI is InChI=1S/C28H24N2O5S/c1-4-35-19-11-9-17(10-12-19)24-23(25(31)18-7-5-16(2)6-8-18)26(32)27(33)30(24)28-29-21-14-13-20(34-3)15-22(21)36-28/h5-15,24,31H,4H2,1-3H3/t24-/m0/s1. The van der Waals surface area contributed by atoms with Gasteiger partial charge in [0, 0.05) is 5.56 Å². The molecule has 8 heteroatoms. The first-order chi connectivity index (χ1) is 17.4. The zero-order chi connectivity index (χ0) is 25.4. The number of methoxy groups -OCH3 is 1. The highest BCUT2D eigenvalue weighted by Crippen LogP contribution is 2.44. The average molecular weight is 501 g/mol. The Hall–Kier alpha value is -4.17. The summed E-state index contributed by atoms with van der Waals surface area (Å²) in [5.74, 6) is -0.388. The van der Waals surface area contributed by atoms with Gasteiger partial charge < -0.3 is 14.6 Å². The third kappa shape index (κ3) is 4.09. The van der Waals surface area contributed by atoms with Crippen LogP contribution in [0.3, 0.4) is 0 Å². The lowest BCUT2D eigenvalue weighted by atomic mass is 9.95. The third-order valence-electron chi connectivity index (χ3n) is 6.07. The van der Waals surface area contributed by atoms with E-state index in [-0.39, 0.29) is 11.3 Å². The van der Waals surface area contributed by atoms with Crippen LogP contribution in [0.25, 0.3) is 16.0 Å². The number of carbonyl (C=O) groups is 2. The van der Waals surface area contributed by atoms with Crippen molar-refractivity contribution in [2.75, 3.05) is 18.6 Å². The minimum atomic E-state index is -0.857. The molecular weight excluding hydrogens is 476 g/mol. The lowest BCUT2D eigenvalue weighted by Crippen LogP contribution is -2.29. The topological polar surface area (TPSA) is 89.0 Å². The van der Waals surface area contributed by atoms with Crippen molar-refractivity contribution in [1.29, 1.82) is 0 Å². The van der Waals surface area contributed by atoms with Gasteiger partial charge in [0.25, 0.3) is 5.78 Å². The first kappa shape index (κ1) is 23.6. The molecule has 1 amide bonds. The number of nitrogens with zero attached hydrogens (tertiary/aromatic N) is 2. The number of Topliss-reactive ketones (excluding diaryl/α,β-unsaturated/α-hetero) is 1. The van der Waals surface area contributed by atoms with E-state index in [0.29, 0.717) is 39.9 Å². The number of aromatic nitrogens is 1. The molecule has 182 valence electrons. The Bertz CT molecular complexity index is 1490. The molecule has 1 aromatic heterocycles. The van der Waals surface area contributed by atoms with E-state index in [1.807, 2.05) is 38.1 Å². The minimum absolute atomic E-state index is 0.0184. The fourth-order valence-corrected chi connectivity index (χ4v) is 5.27. The average Bonchev–Trinajstić information content (AvgIpc) is 3.42. The number of hydrogen-bond acceptors (Lipinski definition) is 7. The maximum absolute atomic E-state index is 13.4. The minimum Gasteiger partial charge on any atom is -0.507 e. The van der Waals surface area contributed by atoms with Gasteiger partial charge in [0.2, 0.25) is 0 Å². The lowest BCUT2D eigenvalue weighted by Gasteiger charge is -2.23. The summed E-state index contributed by atoms with van der Waals surface area (Å²) in [6.45, 7) is 4.34. The number of aryl methyl sites for hydroxylation is 1. The number of amides is 1. The number of ether oxygens (including phenoxy) is 2. The molecule has 0 radical (unpaired) electrons. The summed E-state index contributed by atoms with van der Waals surface area (Å²) in [6.07, 6.45) is 0. The molecule has 0 spiro atoms. The summed E-state index contributed by atoms with van der Waals surface area (Å²) >= 11 is 1.28. The van der Waals surface area contributed by atoms with Gasteiger partial charge in [0.15, 0.2) is 5.13 Å². The smallest absolute Gasteiger partial charge is 0.301 e. The van der Waals surface area contributed by atoms with Crippen LogP contribution in [0, 0.1) is 6.92 Å². The SMILES string of the molecule is CCOc1ccc([C@H]2C(=C(O)c3ccc(C)cc3)C(=O)C(=O)N2c2nc3ccc(OC)cc3s2)cc1. The van der Waals surface area contributed by atoms with E-state index in [1.165, 1.54) is 16.2 Å². The molecule has 36 heavy (non-hydrogen) atoms. The van der Waals surface area contributed by atoms with Crippen LogP contribution in [0.15, 0.2) is 72.3 Å². The Morgan fingerprint density at radius 1 is 1.03 bits per heavy atom. The number of aliphatic hydroxyl groups excluding tert-OH is 1. The van der Waals surface area contributed by atoms with Crippen molar-refractivity contribution in [3.8, 4) is 11.5 Å². The van der Waals surface area contributed by atoms with Crippen LogP contribution in [-0.2, 0) is 9.59 Å². The van der Waals surface area contributed by atoms with Gasteiger partial charge in [0.1, 0.15) is 17.3 Å². The molecule has 1 N–H and O–H groups in total. The highest BCUT2D eigenvalue weighted by molar-refractivity contribution is 7.22. The first-order valence-corrected chi connectivity index (χ1v) is 12.3. The van der Waals surface area contributed by atoms with Gasteiger partial charge in [-0.3, -0.25) is 14.5 Å². The maximum Gasteiger partial charge on any atom is 0.301 e. The number of fused-ring (bicyclic) bond motifs is 1. The van der Waals surface area contributed by atoms with Gasteiger partial charge in [-0.05, 0) is 49.7 Å². The van der Waals surface area contributed by atoms with E-state index in [0.717, 1.165) is 10.3 Å². The van der Waals surface area contributed by atoms with Crippen LogP contribution < -0.4 is 14.4 Å².